The van der Waals surface area contributed by atoms with Crippen LogP contribution in [0.2, 0.25) is 0 Å². The first-order valence-corrected chi connectivity index (χ1v) is 5.41. The van der Waals surface area contributed by atoms with Crippen molar-refractivity contribution in [3.63, 3.8) is 0 Å². The molecule has 0 aliphatic rings. The van der Waals surface area contributed by atoms with Crippen LogP contribution in [0.4, 0.5) is 8.78 Å². The molecule has 96 valence electrons. The lowest BCUT2D eigenvalue weighted by molar-refractivity contribution is -0.0498. The third kappa shape index (κ3) is 3.27. The molecule has 0 amide bonds. The largest absolute Gasteiger partial charge is 0.435 e. The van der Waals surface area contributed by atoms with Crippen molar-refractivity contribution in [2.75, 3.05) is 0 Å². The fraction of sp³-hybridized carbons (Fsp3) is 0.250. The number of aromatic nitrogens is 2. The second-order valence-corrected chi connectivity index (χ2v) is 3.81. The van der Waals surface area contributed by atoms with Crippen LogP contribution in [0.25, 0.3) is 0 Å². The molecule has 0 fully saturated rings. The second-order valence-electron chi connectivity index (χ2n) is 3.81. The minimum Gasteiger partial charge on any atom is -0.435 e. The van der Waals surface area contributed by atoms with E-state index < -0.39 is 6.61 Å². The van der Waals surface area contributed by atoms with Gasteiger partial charge in [-0.3, -0.25) is 0 Å². The van der Waals surface area contributed by atoms with Crippen molar-refractivity contribution in [1.82, 2.24) is 9.55 Å². The summed E-state index contributed by atoms with van der Waals surface area (Å²) in [6.07, 6.45) is 5.16. The Morgan fingerprint density at radius 2 is 2.00 bits per heavy atom. The topological polar surface area (TPSA) is 53.1 Å². The highest BCUT2D eigenvalue weighted by Gasteiger charge is 2.08. The van der Waals surface area contributed by atoms with E-state index in [9.17, 15) is 8.78 Å². The van der Waals surface area contributed by atoms with Crippen molar-refractivity contribution in [2.24, 2.45) is 5.73 Å². The van der Waals surface area contributed by atoms with E-state index >= 15 is 0 Å². The fourth-order valence-corrected chi connectivity index (χ4v) is 1.62. The molecule has 0 aliphatic heterocycles. The monoisotopic (exact) mass is 253 g/mol. The Hall–Kier alpha value is -1.95. The van der Waals surface area contributed by atoms with Crippen LogP contribution in [0.5, 0.6) is 5.75 Å². The number of halogens is 2. The van der Waals surface area contributed by atoms with Gasteiger partial charge in [0, 0.05) is 25.0 Å². The average Bonchev–Trinajstić information content (AvgIpc) is 2.82. The number of rotatable bonds is 5. The van der Waals surface area contributed by atoms with Crippen LogP contribution in [-0.2, 0) is 6.54 Å². The van der Waals surface area contributed by atoms with Gasteiger partial charge in [-0.15, -0.1) is 0 Å². The molecule has 0 bridgehead atoms. The molecule has 0 radical (unpaired) electrons. The highest BCUT2D eigenvalue weighted by Crippen LogP contribution is 2.19. The summed E-state index contributed by atoms with van der Waals surface area (Å²) in [5, 5.41) is 0. The van der Waals surface area contributed by atoms with Gasteiger partial charge in [0.15, 0.2) is 0 Å². The van der Waals surface area contributed by atoms with Crippen molar-refractivity contribution >= 4 is 0 Å². The maximum atomic E-state index is 12.0. The molecule has 0 spiro atoms. The van der Waals surface area contributed by atoms with E-state index in [-0.39, 0.29) is 11.8 Å². The number of alkyl halides is 2. The molecule has 2 aromatic rings. The molecule has 0 aliphatic carbocycles. The minimum atomic E-state index is -2.81. The van der Waals surface area contributed by atoms with Gasteiger partial charge in [-0.2, -0.15) is 8.78 Å². The van der Waals surface area contributed by atoms with Crippen LogP contribution < -0.4 is 10.5 Å². The quantitative estimate of drug-likeness (QED) is 0.888. The van der Waals surface area contributed by atoms with Crippen molar-refractivity contribution in [1.29, 1.82) is 0 Å². The third-order valence-electron chi connectivity index (χ3n) is 2.50. The number of ether oxygens (including phenoxy) is 1. The molecule has 4 nitrogen and oxygen atoms in total. The van der Waals surface area contributed by atoms with Crippen LogP contribution >= 0.6 is 0 Å². The summed E-state index contributed by atoms with van der Waals surface area (Å²) in [5.41, 5.74) is 6.85. The van der Waals surface area contributed by atoms with Crippen LogP contribution in [0.1, 0.15) is 11.6 Å². The Morgan fingerprint density at radius 3 is 2.56 bits per heavy atom. The zero-order chi connectivity index (χ0) is 13.0. The Morgan fingerprint density at radius 1 is 1.28 bits per heavy atom. The average molecular weight is 253 g/mol. The molecule has 1 aromatic carbocycles. The first kappa shape index (κ1) is 12.5. The van der Waals surface area contributed by atoms with Gasteiger partial charge in [0.1, 0.15) is 5.75 Å². The van der Waals surface area contributed by atoms with Crippen molar-refractivity contribution < 1.29 is 13.5 Å². The highest BCUT2D eigenvalue weighted by molar-refractivity contribution is 5.29. The highest BCUT2D eigenvalue weighted by atomic mass is 19.3. The number of nitrogens with zero attached hydrogens (tertiary/aromatic N) is 2. The smallest absolute Gasteiger partial charge is 0.387 e. The van der Waals surface area contributed by atoms with Gasteiger partial charge in [0.2, 0.25) is 0 Å². The number of nitrogens with two attached hydrogens (primary N) is 1. The molecule has 0 saturated carbocycles. The molecule has 1 unspecified atom stereocenters. The van der Waals surface area contributed by atoms with Crippen LogP contribution in [0, 0.1) is 0 Å². The van der Waals surface area contributed by atoms with Crippen LogP contribution in [0.15, 0.2) is 43.0 Å². The molecule has 0 saturated heterocycles. The van der Waals surface area contributed by atoms with Crippen LogP contribution in [0.3, 0.4) is 0 Å². The van der Waals surface area contributed by atoms with E-state index in [2.05, 4.69) is 9.72 Å². The number of imidazole rings is 1. The fourth-order valence-electron chi connectivity index (χ4n) is 1.62. The maximum Gasteiger partial charge on any atom is 0.387 e. The third-order valence-corrected chi connectivity index (χ3v) is 2.50. The summed E-state index contributed by atoms with van der Waals surface area (Å²) in [5.74, 6) is 0.128. The van der Waals surface area contributed by atoms with E-state index in [0.717, 1.165) is 5.56 Å². The lowest BCUT2D eigenvalue weighted by atomic mass is 10.1. The first-order valence-electron chi connectivity index (χ1n) is 5.41. The predicted molar refractivity (Wildman–Crippen MR) is 62.2 cm³/mol. The van der Waals surface area contributed by atoms with Gasteiger partial charge in [0.05, 0.1) is 6.33 Å². The molecular weight excluding hydrogens is 240 g/mol. The number of hydrogen-bond acceptors (Lipinski definition) is 3. The number of benzene rings is 1. The van der Waals surface area contributed by atoms with Crippen molar-refractivity contribution in [2.45, 2.75) is 19.2 Å². The molecule has 6 heteroatoms. The zero-order valence-corrected chi connectivity index (χ0v) is 9.54. The van der Waals surface area contributed by atoms with Gasteiger partial charge in [0.25, 0.3) is 0 Å². The molecule has 18 heavy (non-hydrogen) atoms. The summed E-state index contributed by atoms with van der Waals surface area (Å²) >= 11 is 0. The molecule has 1 heterocycles. The SMILES string of the molecule is NC(Cn1ccnc1)c1ccc(OC(F)F)cc1. The normalized spacial score (nSPS) is 12.7. The minimum absolute atomic E-state index is 0.128. The summed E-state index contributed by atoms with van der Waals surface area (Å²) in [4.78, 5) is 3.92. The molecular formula is C12H13F2N3O. The Balaban J connectivity index is 2.00. The predicted octanol–water partition coefficient (Wildman–Crippen LogP) is 2.18. The van der Waals surface area contributed by atoms with E-state index in [1.165, 1.54) is 12.1 Å². The molecule has 1 aromatic heterocycles. The number of hydrogen-bond donors (Lipinski definition) is 1. The standard InChI is InChI=1S/C12H13F2N3O/c13-12(14)18-10-3-1-9(2-4-10)11(15)7-17-6-5-16-8-17/h1-6,8,11-12H,7,15H2. The molecule has 2 rings (SSSR count). The molecule has 1 atom stereocenters. The zero-order valence-electron chi connectivity index (χ0n) is 9.54. The first-order chi connectivity index (χ1) is 8.65. The Kier molecular flexibility index (Phi) is 3.88. The van der Waals surface area contributed by atoms with Gasteiger partial charge in [-0.25, -0.2) is 4.98 Å². The van der Waals surface area contributed by atoms with Crippen molar-refractivity contribution in [3.05, 3.63) is 48.5 Å². The summed E-state index contributed by atoms with van der Waals surface area (Å²) < 4.78 is 30.1. The Bertz CT molecular complexity index is 471. The molecule has 2 N–H and O–H groups in total. The summed E-state index contributed by atoms with van der Waals surface area (Å²) in [6, 6.07) is 6.10. The van der Waals surface area contributed by atoms with Gasteiger partial charge >= 0.3 is 6.61 Å². The van der Waals surface area contributed by atoms with E-state index in [1.807, 2.05) is 10.8 Å². The lowest BCUT2D eigenvalue weighted by Gasteiger charge is -2.13. The summed E-state index contributed by atoms with van der Waals surface area (Å²) in [6.45, 7) is -2.23. The van der Waals surface area contributed by atoms with Gasteiger partial charge < -0.3 is 15.0 Å². The van der Waals surface area contributed by atoms with Crippen LogP contribution in [-0.4, -0.2) is 16.2 Å². The Labute approximate surface area is 103 Å². The van der Waals surface area contributed by atoms with Crippen molar-refractivity contribution in [3.8, 4) is 5.75 Å². The lowest BCUT2D eigenvalue weighted by Crippen LogP contribution is -2.16. The second kappa shape index (κ2) is 5.59. The van der Waals surface area contributed by atoms with E-state index in [1.54, 1.807) is 24.7 Å². The van der Waals surface area contributed by atoms with E-state index in [0.29, 0.717) is 6.54 Å². The van der Waals surface area contributed by atoms with Gasteiger partial charge in [-0.1, -0.05) is 12.1 Å². The van der Waals surface area contributed by atoms with E-state index in [4.69, 9.17) is 5.73 Å². The van der Waals surface area contributed by atoms with Gasteiger partial charge in [-0.05, 0) is 17.7 Å². The maximum absolute atomic E-state index is 12.0. The summed E-state index contributed by atoms with van der Waals surface area (Å²) in [7, 11) is 0.